The van der Waals surface area contributed by atoms with Gasteiger partial charge in [-0.05, 0) is 19.8 Å². The molecule has 1 aliphatic carbocycles. The van der Waals surface area contributed by atoms with E-state index in [1.807, 2.05) is 0 Å². The van der Waals surface area contributed by atoms with Crippen molar-refractivity contribution in [3.63, 3.8) is 0 Å². The van der Waals surface area contributed by atoms with Crippen LogP contribution in [0, 0.1) is 5.41 Å². The summed E-state index contributed by atoms with van der Waals surface area (Å²) in [6, 6.07) is 0.544. The van der Waals surface area contributed by atoms with Crippen LogP contribution in [0.3, 0.4) is 0 Å². The molecule has 1 aromatic rings. The van der Waals surface area contributed by atoms with Crippen LogP contribution in [0.2, 0.25) is 0 Å². The van der Waals surface area contributed by atoms with Crippen molar-refractivity contribution in [2.24, 2.45) is 5.41 Å². The second-order valence-corrected chi connectivity index (χ2v) is 5.28. The highest BCUT2D eigenvalue weighted by Crippen LogP contribution is 2.38. The van der Waals surface area contributed by atoms with Gasteiger partial charge in [0.05, 0.1) is 5.69 Å². The zero-order chi connectivity index (χ0) is 12.3. The van der Waals surface area contributed by atoms with E-state index in [0.717, 1.165) is 18.5 Å². The highest BCUT2D eigenvalue weighted by molar-refractivity contribution is 5.03. The van der Waals surface area contributed by atoms with Crippen molar-refractivity contribution in [1.29, 1.82) is 0 Å². The molecule has 17 heavy (non-hydrogen) atoms. The fourth-order valence-electron chi connectivity index (χ4n) is 2.63. The summed E-state index contributed by atoms with van der Waals surface area (Å²) >= 11 is 0. The Morgan fingerprint density at radius 2 is 2.41 bits per heavy atom. The fourth-order valence-corrected chi connectivity index (χ4v) is 2.63. The lowest BCUT2D eigenvalue weighted by Crippen LogP contribution is -2.43. The zero-order valence-electron chi connectivity index (χ0n) is 10.6. The van der Waals surface area contributed by atoms with Crippen LogP contribution in [0.1, 0.15) is 44.8 Å². The third-order valence-electron chi connectivity index (χ3n) is 3.92. The fraction of sp³-hybridized carbons (Fsp3) is 0.692. The molecule has 2 N–H and O–H groups in total. The van der Waals surface area contributed by atoms with Gasteiger partial charge in [0.15, 0.2) is 0 Å². The summed E-state index contributed by atoms with van der Waals surface area (Å²) in [5, 5.41) is 13.1. The molecule has 1 aromatic heterocycles. The molecule has 4 nitrogen and oxygen atoms in total. The van der Waals surface area contributed by atoms with Crippen LogP contribution in [-0.2, 0) is 0 Å². The average molecular weight is 235 g/mol. The normalized spacial score (nSPS) is 30.4. The van der Waals surface area contributed by atoms with Gasteiger partial charge in [0.2, 0.25) is 0 Å². The molecule has 2 rings (SSSR count). The Morgan fingerprint density at radius 3 is 3.06 bits per heavy atom. The number of nitrogens with zero attached hydrogens (tertiary/aromatic N) is 2. The van der Waals surface area contributed by atoms with Gasteiger partial charge in [0.25, 0.3) is 0 Å². The lowest BCUT2D eigenvalue weighted by atomic mass is 9.85. The molecule has 1 heterocycles. The summed E-state index contributed by atoms with van der Waals surface area (Å²) in [6.07, 6.45) is 8.60. The van der Waals surface area contributed by atoms with Crippen molar-refractivity contribution in [2.75, 3.05) is 6.61 Å². The topological polar surface area (TPSA) is 58.0 Å². The van der Waals surface area contributed by atoms with E-state index in [9.17, 15) is 5.11 Å². The molecule has 3 atom stereocenters. The van der Waals surface area contributed by atoms with Gasteiger partial charge in [-0.15, -0.1) is 0 Å². The van der Waals surface area contributed by atoms with Crippen LogP contribution in [0.4, 0.5) is 0 Å². The van der Waals surface area contributed by atoms with E-state index in [2.05, 4.69) is 29.1 Å². The molecule has 0 aliphatic heterocycles. The van der Waals surface area contributed by atoms with Gasteiger partial charge in [-0.3, -0.25) is 9.97 Å². The molecular formula is C13H21N3O. The van der Waals surface area contributed by atoms with E-state index in [1.54, 1.807) is 18.6 Å². The van der Waals surface area contributed by atoms with Gasteiger partial charge in [0.1, 0.15) is 0 Å². The number of rotatable bonds is 4. The maximum atomic E-state index is 9.51. The number of aliphatic hydroxyl groups is 1. The van der Waals surface area contributed by atoms with E-state index in [1.165, 1.54) is 6.42 Å². The quantitative estimate of drug-likeness (QED) is 0.833. The molecule has 3 unspecified atom stereocenters. The van der Waals surface area contributed by atoms with Gasteiger partial charge in [-0.2, -0.15) is 0 Å². The van der Waals surface area contributed by atoms with Gasteiger partial charge in [0, 0.05) is 42.7 Å². The third kappa shape index (κ3) is 2.64. The summed E-state index contributed by atoms with van der Waals surface area (Å²) in [5.41, 5.74) is 0.968. The number of hydrogen-bond donors (Lipinski definition) is 2. The molecule has 0 bridgehead atoms. The molecule has 94 valence electrons. The Hall–Kier alpha value is -1.00. The van der Waals surface area contributed by atoms with Crippen LogP contribution in [0.25, 0.3) is 0 Å². The summed E-state index contributed by atoms with van der Waals surface area (Å²) in [6.45, 7) is 4.50. The average Bonchev–Trinajstić information content (AvgIpc) is 2.73. The number of aliphatic hydroxyl groups excluding tert-OH is 1. The molecule has 1 aliphatic rings. The largest absolute Gasteiger partial charge is 0.396 e. The molecule has 0 aromatic carbocycles. The Bertz CT molecular complexity index is 357. The van der Waals surface area contributed by atoms with Crippen LogP contribution >= 0.6 is 0 Å². The highest BCUT2D eigenvalue weighted by Gasteiger charge is 2.38. The molecule has 1 saturated carbocycles. The molecule has 1 fully saturated rings. The van der Waals surface area contributed by atoms with E-state index in [0.29, 0.717) is 6.04 Å². The molecule has 0 spiro atoms. The minimum atomic E-state index is 0.0104. The molecule has 0 radical (unpaired) electrons. The first-order chi connectivity index (χ1) is 8.15. The second-order valence-electron chi connectivity index (χ2n) is 5.28. The monoisotopic (exact) mass is 235 g/mol. The highest BCUT2D eigenvalue weighted by atomic mass is 16.3. The number of nitrogens with one attached hydrogen (secondary N) is 1. The van der Waals surface area contributed by atoms with Crippen molar-refractivity contribution in [3.05, 3.63) is 24.3 Å². The van der Waals surface area contributed by atoms with Crippen molar-refractivity contribution in [1.82, 2.24) is 15.3 Å². The van der Waals surface area contributed by atoms with E-state index < -0.39 is 0 Å². The minimum absolute atomic E-state index is 0.0104. The predicted molar refractivity (Wildman–Crippen MR) is 66.4 cm³/mol. The van der Waals surface area contributed by atoms with Crippen molar-refractivity contribution in [2.45, 2.75) is 45.2 Å². The third-order valence-corrected chi connectivity index (χ3v) is 3.92. The molecule has 0 amide bonds. The first-order valence-electron chi connectivity index (χ1n) is 6.28. The zero-order valence-corrected chi connectivity index (χ0v) is 10.6. The smallest absolute Gasteiger partial charge is 0.0753 e. The van der Waals surface area contributed by atoms with E-state index >= 15 is 0 Å². The summed E-state index contributed by atoms with van der Waals surface area (Å²) < 4.78 is 0. The van der Waals surface area contributed by atoms with Gasteiger partial charge >= 0.3 is 0 Å². The SMILES string of the molecule is CC(NC1CCCC1(C)CO)c1cnccn1. The van der Waals surface area contributed by atoms with Gasteiger partial charge < -0.3 is 10.4 Å². The van der Waals surface area contributed by atoms with Crippen molar-refractivity contribution < 1.29 is 5.11 Å². The van der Waals surface area contributed by atoms with Crippen LogP contribution in [0.5, 0.6) is 0 Å². The molecule has 0 saturated heterocycles. The number of hydrogen-bond acceptors (Lipinski definition) is 4. The predicted octanol–water partition coefficient (Wildman–Crippen LogP) is 1.68. The lowest BCUT2D eigenvalue weighted by molar-refractivity contribution is 0.114. The molecule has 4 heteroatoms. The Balaban J connectivity index is 2.02. The first kappa shape index (κ1) is 12.5. The van der Waals surface area contributed by atoms with Gasteiger partial charge in [-0.1, -0.05) is 13.3 Å². The summed E-state index contributed by atoms with van der Waals surface area (Å²) in [7, 11) is 0. The first-order valence-corrected chi connectivity index (χ1v) is 6.28. The van der Waals surface area contributed by atoms with Gasteiger partial charge in [-0.25, -0.2) is 0 Å². The molecular weight excluding hydrogens is 214 g/mol. The Labute approximate surface area is 102 Å². The number of aromatic nitrogens is 2. The summed E-state index contributed by atoms with van der Waals surface area (Å²) in [4.78, 5) is 8.39. The van der Waals surface area contributed by atoms with Crippen LogP contribution < -0.4 is 5.32 Å². The van der Waals surface area contributed by atoms with Crippen molar-refractivity contribution in [3.8, 4) is 0 Å². The maximum absolute atomic E-state index is 9.51. The lowest BCUT2D eigenvalue weighted by Gasteiger charge is -2.32. The van der Waals surface area contributed by atoms with Crippen LogP contribution in [-0.4, -0.2) is 27.7 Å². The second kappa shape index (κ2) is 5.10. The Morgan fingerprint density at radius 1 is 1.59 bits per heavy atom. The summed E-state index contributed by atoms with van der Waals surface area (Å²) in [5.74, 6) is 0. The van der Waals surface area contributed by atoms with Crippen LogP contribution in [0.15, 0.2) is 18.6 Å². The Kier molecular flexibility index (Phi) is 3.74. The van der Waals surface area contributed by atoms with E-state index in [-0.39, 0.29) is 18.1 Å². The van der Waals surface area contributed by atoms with Crippen molar-refractivity contribution >= 4 is 0 Å². The minimum Gasteiger partial charge on any atom is -0.396 e. The van der Waals surface area contributed by atoms with E-state index in [4.69, 9.17) is 0 Å². The standard InChI is InChI=1S/C13H21N3O/c1-10(11-8-14-6-7-15-11)16-12-4-3-5-13(12,2)9-17/h6-8,10,12,16-17H,3-5,9H2,1-2H3. The maximum Gasteiger partial charge on any atom is 0.0753 e.